The number of benzene rings is 1. The molecule has 0 saturated carbocycles. The highest BCUT2D eigenvalue weighted by molar-refractivity contribution is 5.43. The normalized spacial score (nSPS) is 11.8. The Bertz CT molecular complexity index is 550. The van der Waals surface area contributed by atoms with Gasteiger partial charge in [-0.3, -0.25) is 0 Å². The van der Waals surface area contributed by atoms with Gasteiger partial charge in [-0.05, 0) is 18.6 Å². The first-order chi connectivity index (χ1) is 8.95. The molecule has 1 aromatic heterocycles. The molecule has 0 saturated heterocycles. The Hall–Kier alpha value is -1.77. The van der Waals surface area contributed by atoms with Crippen molar-refractivity contribution in [2.45, 2.75) is 46.0 Å². The lowest BCUT2D eigenvalue weighted by Crippen LogP contribution is -2.12. The second-order valence-electron chi connectivity index (χ2n) is 5.89. The molecule has 0 unspecified atom stereocenters. The highest BCUT2D eigenvalue weighted by Crippen LogP contribution is 2.34. The van der Waals surface area contributed by atoms with Gasteiger partial charge in [-0.15, -0.1) is 0 Å². The van der Waals surface area contributed by atoms with Crippen LogP contribution in [0.15, 0.2) is 30.3 Å². The topological polar surface area (TPSA) is 38.1 Å². The van der Waals surface area contributed by atoms with Crippen LogP contribution in [0.1, 0.15) is 45.5 Å². The summed E-state index contributed by atoms with van der Waals surface area (Å²) >= 11 is 0. The molecule has 0 bridgehead atoms. The van der Waals surface area contributed by atoms with Crippen LogP contribution < -0.4 is 0 Å². The predicted octanol–water partition coefficient (Wildman–Crippen LogP) is 3.83. The minimum Gasteiger partial charge on any atom is -0.504 e. The van der Waals surface area contributed by atoms with Crippen molar-refractivity contribution in [1.82, 2.24) is 9.78 Å². The van der Waals surface area contributed by atoms with Gasteiger partial charge >= 0.3 is 0 Å². The van der Waals surface area contributed by atoms with Crippen LogP contribution >= 0.6 is 0 Å². The van der Waals surface area contributed by atoms with Crippen molar-refractivity contribution >= 4 is 0 Å². The fourth-order valence-corrected chi connectivity index (χ4v) is 2.19. The zero-order chi connectivity index (χ0) is 14.0. The first kappa shape index (κ1) is 13.7. The summed E-state index contributed by atoms with van der Waals surface area (Å²) in [7, 11) is 0. The molecule has 0 aliphatic rings. The van der Waals surface area contributed by atoms with E-state index in [1.54, 1.807) is 0 Å². The van der Waals surface area contributed by atoms with Crippen LogP contribution in [0, 0.1) is 0 Å². The van der Waals surface area contributed by atoms with Crippen LogP contribution in [0.5, 0.6) is 5.75 Å². The number of nitrogens with zero attached hydrogens (tertiary/aromatic N) is 2. The van der Waals surface area contributed by atoms with E-state index in [4.69, 9.17) is 0 Å². The third-order valence-corrected chi connectivity index (χ3v) is 3.15. The van der Waals surface area contributed by atoms with E-state index in [0.29, 0.717) is 5.75 Å². The summed E-state index contributed by atoms with van der Waals surface area (Å²) in [4.78, 5) is 0. The molecule has 1 heterocycles. The van der Waals surface area contributed by atoms with Gasteiger partial charge < -0.3 is 5.11 Å². The second kappa shape index (κ2) is 5.08. The summed E-state index contributed by atoms with van der Waals surface area (Å²) in [6, 6.07) is 9.98. The summed E-state index contributed by atoms with van der Waals surface area (Å²) in [5.41, 5.74) is 2.50. The third-order valence-electron chi connectivity index (χ3n) is 3.15. The van der Waals surface area contributed by atoms with Crippen molar-refractivity contribution in [3.63, 3.8) is 0 Å². The Morgan fingerprint density at radius 3 is 2.32 bits per heavy atom. The van der Waals surface area contributed by atoms with Gasteiger partial charge in [0.15, 0.2) is 5.75 Å². The van der Waals surface area contributed by atoms with Crippen molar-refractivity contribution in [3.05, 3.63) is 41.7 Å². The minimum atomic E-state index is -0.160. The van der Waals surface area contributed by atoms with Gasteiger partial charge in [0.25, 0.3) is 0 Å². The molecule has 0 fully saturated rings. The lowest BCUT2D eigenvalue weighted by molar-refractivity contribution is 0.439. The molecule has 102 valence electrons. The van der Waals surface area contributed by atoms with E-state index in [-0.39, 0.29) is 5.41 Å². The van der Waals surface area contributed by atoms with Crippen LogP contribution in [0.3, 0.4) is 0 Å². The van der Waals surface area contributed by atoms with Gasteiger partial charge in [-0.2, -0.15) is 5.10 Å². The molecule has 0 radical (unpaired) electrons. The second-order valence-corrected chi connectivity index (χ2v) is 5.89. The standard InChI is InChI=1S/C16H22N2O/c1-5-9-13-14(19)15(16(2,3)4)17-18(13)12-10-7-6-8-11-12/h6-8,10-11,19H,5,9H2,1-4H3. The molecule has 0 aliphatic carbocycles. The van der Waals surface area contributed by atoms with Crippen LogP contribution in [0.2, 0.25) is 0 Å². The predicted molar refractivity (Wildman–Crippen MR) is 77.9 cm³/mol. The van der Waals surface area contributed by atoms with E-state index >= 15 is 0 Å². The average Bonchev–Trinajstić information content (AvgIpc) is 2.69. The maximum atomic E-state index is 10.5. The fourth-order valence-electron chi connectivity index (χ4n) is 2.19. The lowest BCUT2D eigenvalue weighted by atomic mass is 9.91. The highest BCUT2D eigenvalue weighted by atomic mass is 16.3. The Balaban J connectivity index is 2.60. The molecule has 2 rings (SSSR count). The molecule has 0 amide bonds. The zero-order valence-corrected chi connectivity index (χ0v) is 12.1. The zero-order valence-electron chi connectivity index (χ0n) is 12.1. The Kier molecular flexibility index (Phi) is 3.65. The van der Waals surface area contributed by atoms with Gasteiger partial charge in [0.05, 0.1) is 11.4 Å². The molecule has 3 nitrogen and oxygen atoms in total. The van der Waals surface area contributed by atoms with Gasteiger partial charge in [-0.25, -0.2) is 4.68 Å². The molecular formula is C16H22N2O. The van der Waals surface area contributed by atoms with Crippen molar-refractivity contribution < 1.29 is 5.11 Å². The summed E-state index contributed by atoms with van der Waals surface area (Å²) in [5, 5.41) is 15.1. The van der Waals surface area contributed by atoms with Gasteiger partial charge in [0.2, 0.25) is 0 Å². The molecule has 1 aromatic carbocycles. The maximum Gasteiger partial charge on any atom is 0.161 e. The van der Waals surface area contributed by atoms with Crippen molar-refractivity contribution in [1.29, 1.82) is 0 Å². The SMILES string of the molecule is CCCc1c(O)c(C(C)(C)C)nn1-c1ccccc1. The van der Waals surface area contributed by atoms with Crippen LogP contribution in [0.25, 0.3) is 5.69 Å². The van der Waals surface area contributed by atoms with E-state index in [1.165, 1.54) is 0 Å². The highest BCUT2D eigenvalue weighted by Gasteiger charge is 2.26. The Morgan fingerprint density at radius 1 is 1.16 bits per heavy atom. The van der Waals surface area contributed by atoms with Crippen LogP contribution in [-0.2, 0) is 11.8 Å². The number of para-hydroxylation sites is 1. The number of rotatable bonds is 3. The third kappa shape index (κ3) is 2.65. The smallest absolute Gasteiger partial charge is 0.161 e. The Labute approximate surface area is 114 Å². The van der Waals surface area contributed by atoms with Gasteiger partial charge in [-0.1, -0.05) is 52.3 Å². The molecular weight excluding hydrogens is 236 g/mol. The minimum absolute atomic E-state index is 0.160. The van der Waals surface area contributed by atoms with Gasteiger partial charge in [0.1, 0.15) is 5.69 Å². The lowest BCUT2D eigenvalue weighted by Gasteiger charge is -2.15. The maximum absolute atomic E-state index is 10.5. The summed E-state index contributed by atoms with van der Waals surface area (Å²) in [6.45, 7) is 8.32. The van der Waals surface area contributed by atoms with E-state index in [9.17, 15) is 5.11 Å². The monoisotopic (exact) mass is 258 g/mol. The molecule has 0 atom stereocenters. The van der Waals surface area contributed by atoms with Crippen molar-refractivity contribution in [3.8, 4) is 11.4 Å². The summed E-state index contributed by atoms with van der Waals surface area (Å²) in [5.74, 6) is 0.346. The van der Waals surface area contributed by atoms with E-state index in [2.05, 4.69) is 32.8 Å². The number of aromatic nitrogens is 2. The average molecular weight is 258 g/mol. The number of hydrogen-bond acceptors (Lipinski definition) is 2. The molecule has 0 aliphatic heterocycles. The largest absolute Gasteiger partial charge is 0.504 e. The van der Waals surface area contributed by atoms with Crippen LogP contribution in [0.4, 0.5) is 0 Å². The van der Waals surface area contributed by atoms with E-state index < -0.39 is 0 Å². The summed E-state index contributed by atoms with van der Waals surface area (Å²) in [6.07, 6.45) is 1.81. The number of aromatic hydroxyl groups is 1. The molecule has 1 N–H and O–H groups in total. The first-order valence-corrected chi connectivity index (χ1v) is 6.82. The first-order valence-electron chi connectivity index (χ1n) is 6.82. The number of hydrogen-bond donors (Lipinski definition) is 1. The van der Waals surface area contributed by atoms with E-state index in [0.717, 1.165) is 29.9 Å². The van der Waals surface area contributed by atoms with Crippen molar-refractivity contribution in [2.24, 2.45) is 0 Å². The summed E-state index contributed by atoms with van der Waals surface area (Å²) < 4.78 is 1.87. The Morgan fingerprint density at radius 2 is 1.79 bits per heavy atom. The van der Waals surface area contributed by atoms with Crippen LogP contribution in [-0.4, -0.2) is 14.9 Å². The van der Waals surface area contributed by atoms with E-state index in [1.807, 2.05) is 35.0 Å². The molecule has 2 aromatic rings. The molecule has 0 spiro atoms. The molecule has 19 heavy (non-hydrogen) atoms. The quantitative estimate of drug-likeness (QED) is 0.908. The van der Waals surface area contributed by atoms with Gasteiger partial charge in [0, 0.05) is 5.41 Å². The fraction of sp³-hybridized carbons (Fsp3) is 0.438. The van der Waals surface area contributed by atoms with Crippen molar-refractivity contribution in [2.75, 3.05) is 0 Å². The molecule has 3 heteroatoms.